The quantitative estimate of drug-likeness (QED) is 0.713. The molecule has 3 heteroatoms. The average Bonchev–Trinajstić information content (AvgIpc) is 2.46. The second kappa shape index (κ2) is 7.27. The lowest BCUT2D eigenvalue weighted by atomic mass is 10.0. The molecule has 0 aliphatic carbocycles. The second-order valence-corrected chi connectivity index (χ2v) is 4.68. The molecule has 0 aliphatic rings. The van der Waals surface area contributed by atoms with Gasteiger partial charge in [-0.15, -0.1) is 11.6 Å². The summed E-state index contributed by atoms with van der Waals surface area (Å²) in [7, 11) is 0. The highest BCUT2D eigenvalue weighted by molar-refractivity contribution is 6.18. The van der Waals surface area contributed by atoms with Gasteiger partial charge in [-0.2, -0.15) is 0 Å². The van der Waals surface area contributed by atoms with Crippen molar-refractivity contribution >= 4 is 11.6 Å². The van der Waals surface area contributed by atoms with Crippen molar-refractivity contribution in [3.05, 3.63) is 71.5 Å². The number of hydrogen-bond donors (Lipinski definition) is 0. The first-order valence-corrected chi connectivity index (χ1v) is 6.76. The van der Waals surface area contributed by atoms with E-state index in [0.29, 0.717) is 24.7 Å². The molecule has 2 rings (SSSR count). The standard InChI is InChI=1S/C16H16ClFO/c17-10-14(15-8-4-5-9-16(15)18)12-19-11-13-6-2-1-3-7-13/h1-9,14H,10-12H2. The van der Waals surface area contributed by atoms with Crippen molar-refractivity contribution in [2.24, 2.45) is 0 Å². The summed E-state index contributed by atoms with van der Waals surface area (Å²) < 4.78 is 19.3. The number of alkyl halides is 1. The summed E-state index contributed by atoms with van der Waals surface area (Å²) in [6.45, 7) is 0.933. The van der Waals surface area contributed by atoms with Gasteiger partial charge in [-0.05, 0) is 17.2 Å². The lowest BCUT2D eigenvalue weighted by molar-refractivity contribution is 0.110. The Kier molecular flexibility index (Phi) is 5.37. The van der Waals surface area contributed by atoms with Gasteiger partial charge >= 0.3 is 0 Å². The van der Waals surface area contributed by atoms with Gasteiger partial charge in [-0.3, -0.25) is 0 Å². The predicted octanol–water partition coefficient (Wildman–Crippen LogP) is 4.36. The van der Waals surface area contributed by atoms with Crippen LogP contribution in [-0.2, 0) is 11.3 Å². The van der Waals surface area contributed by atoms with E-state index in [1.807, 2.05) is 36.4 Å². The molecular weight excluding hydrogens is 263 g/mol. The minimum Gasteiger partial charge on any atom is -0.376 e. The van der Waals surface area contributed by atoms with Crippen LogP contribution in [0.5, 0.6) is 0 Å². The smallest absolute Gasteiger partial charge is 0.126 e. The molecule has 0 N–H and O–H groups in total. The summed E-state index contributed by atoms with van der Waals surface area (Å²) >= 11 is 5.91. The highest BCUT2D eigenvalue weighted by Gasteiger charge is 2.14. The van der Waals surface area contributed by atoms with Crippen LogP contribution in [0.25, 0.3) is 0 Å². The Bertz CT molecular complexity index is 501. The monoisotopic (exact) mass is 278 g/mol. The van der Waals surface area contributed by atoms with Crippen LogP contribution in [-0.4, -0.2) is 12.5 Å². The Morgan fingerprint density at radius 1 is 1.00 bits per heavy atom. The van der Waals surface area contributed by atoms with Crippen molar-refractivity contribution in [1.29, 1.82) is 0 Å². The summed E-state index contributed by atoms with van der Waals surface area (Å²) in [6.07, 6.45) is 0. The summed E-state index contributed by atoms with van der Waals surface area (Å²) in [5.74, 6) is -0.00143. The second-order valence-electron chi connectivity index (χ2n) is 4.37. The third kappa shape index (κ3) is 4.05. The molecule has 1 nitrogen and oxygen atoms in total. The third-order valence-corrected chi connectivity index (χ3v) is 3.33. The van der Waals surface area contributed by atoms with Crippen LogP contribution in [0.2, 0.25) is 0 Å². The van der Waals surface area contributed by atoms with Crippen molar-refractivity contribution in [3.8, 4) is 0 Å². The van der Waals surface area contributed by atoms with Crippen LogP contribution in [0.15, 0.2) is 54.6 Å². The Labute approximate surface area is 118 Å². The molecule has 0 saturated heterocycles. The molecule has 0 aliphatic heterocycles. The van der Waals surface area contributed by atoms with Crippen LogP contribution in [0.3, 0.4) is 0 Å². The zero-order valence-corrected chi connectivity index (χ0v) is 11.3. The maximum atomic E-state index is 13.7. The molecule has 1 unspecified atom stereocenters. The van der Waals surface area contributed by atoms with Crippen molar-refractivity contribution in [1.82, 2.24) is 0 Å². The third-order valence-electron chi connectivity index (χ3n) is 2.96. The Morgan fingerprint density at radius 2 is 1.68 bits per heavy atom. The molecule has 19 heavy (non-hydrogen) atoms. The van der Waals surface area contributed by atoms with E-state index in [2.05, 4.69) is 0 Å². The fourth-order valence-electron chi connectivity index (χ4n) is 1.92. The summed E-state index contributed by atoms with van der Waals surface area (Å²) in [5.41, 5.74) is 1.72. The van der Waals surface area contributed by atoms with Gasteiger partial charge in [0.15, 0.2) is 0 Å². The van der Waals surface area contributed by atoms with E-state index in [9.17, 15) is 4.39 Å². The topological polar surface area (TPSA) is 9.23 Å². The zero-order chi connectivity index (χ0) is 13.5. The highest BCUT2D eigenvalue weighted by Crippen LogP contribution is 2.21. The molecule has 0 bridgehead atoms. The van der Waals surface area contributed by atoms with Crippen LogP contribution in [0.4, 0.5) is 4.39 Å². The number of rotatable bonds is 6. The molecule has 2 aromatic carbocycles. The van der Waals surface area contributed by atoms with Gasteiger partial charge in [0.2, 0.25) is 0 Å². The molecular formula is C16H16ClFO. The molecule has 100 valence electrons. The minimum absolute atomic E-state index is 0.119. The Balaban J connectivity index is 1.92. The van der Waals surface area contributed by atoms with Gasteiger partial charge in [-0.1, -0.05) is 48.5 Å². The van der Waals surface area contributed by atoms with Gasteiger partial charge in [-0.25, -0.2) is 4.39 Å². The van der Waals surface area contributed by atoms with E-state index in [4.69, 9.17) is 16.3 Å². The van der Waals surface area contributed by atoms with Crippen molar-refractivity contribution < 1.29 is 9.13 Å². The normalized spacial score (nSPS) is 12.3. The van der Waals surface area contributed by atoms with Crippen molar-refractivity contribution in [3.63, 3.8) is 0 Å². The van der Waals surface area contributed by atoms with Gasteiger partial charge in [0.25, 0.3) is 0 Å². The lowest BCUT2D eigenvalue weighted by Crippen LogP contribution is -2.11. The average molecular weight is 279 g/mol. The maximum absolute atomic E-state index is 13.7. The first-order chi connectivity index (χ1) is 9.31. The summed E-state index contributed by atoms with van der Waals surface area (Å²) in [5, 5.41) is 0. The van der Waals surface area contributed by atoms with Gasteiger partial charge in [0, 0.05) is 11.8 Å². The van der Waals surface area contributed by atoms with Crippen LogP contribution in [0.1, 0.15) is 17.0 Å². The molecule has 0 saturated carbocycles. The molecule has 0 amide bonds. The predicted molar refractivity (Wildman–Crippen MR) is 76.0 cm³/mol. The number of ether oxygens (including phenoxy) is 1. The minimum atomic E-state index is -0.225. The molecule has 2 aromatic rings. The Morgan fingerprint density at radius 3 is 2.37 bits per heavy atom. The zero-order valence-electron chi connectivity index (χ0n) is 10.6. The fraction of sp³-hybridized carbons (Fsp3) is 0.250. The van der Waals surface area contributed by atoms with Crippen molar-refractivity contribution in [2.45, 2.75) is 12.5 Å². The van der Waals surface area contributed by atoms with E-state index in [1.54, 1.807) is 12.1 Å². The number of halogens is 2. The SMILES string of the molecule is Fc1ccccc1C(CCl)COCc1ccccc1. The van der Waals surface area contributed by atoms with E-state index in [-0.39, 0.29) is 11.7 Å². The van der Waals surface area contributed by atoms with Gasteiger partial charge in [0.05, 0.1) is 13.2 Å². The number of benzene rings is 2. The molecule has 0 aromatic heterocycles. The first kappa shape index (κ1) is 14.0. The lowest BCUT2D eigenvalue weighted by Gasteiger charge is -2.15. The molecule has 0 spiro atoms. The summed E-state index contributed by atoms with van der Waals surface area (Å²) in [4.78, 5) is 0. The van der Waals surface area contributed by atoms with E-state index < -0.39 is 0 Å². The fourth-order valence-corrected chi connectivity index (χ4v) is 2.17. The van der Waals surface area contributed by atoms with E-state index in [0.717, 1.165) is 5.56 Å². The van der Waals surface area contributed by atoms with Crippen LogP contribution >= 0.6 is 11.6 Å². The van der Waals surface area contributed by atoms with Gasteiger partial charge in [0.1, 0.15) is 5.82 Å². The highest BCUT2D eigenvalue weighted by atomic mass is 35.5. The summed E-state index contributed by atoms with van der Waals surface area (Å²) in [6, 6.07) is 16.6. The maximum Gasteiger partial charge on any atom is 0.126 e. The van der Waals surface area contributed by atoms with E-state index in [1.165, 1.54) is 6.07 Å². The first-order valence-electron chi connectivity index (χ1n) is 6.23. The molecule has 1 atom stereocenters. The molecule has 0 radical (unpaired) electrons. The molecule has 0 heterocycles. The molecule has 0 fully saturated rings. The largest absolute Gasteiger partial charge is 0.376 e. The van der Waals surface area contributed by atoms with Crippen molar-refractivity contribution in [2.75, 3.05) is 12.5 Å². The Hall–Kier alpha value is -1.38. The van der Waals surface area contributed by atoms with Crippen LogP contribution in [0, 0.1) is 5.82 Å². The number of hydrogen-bond acceptors (Lipinski definition) is 1. The van der Waals surface area contributed by atoms with E-state index >= 15 is 0 Å². The van der Waals surface area contributed by atoms with Crippen LogP contribution < -0.4 is 0 Å². The van der Waals surface area contributed by atoms with Gasteiger partial charge < -0.3 is 4.74 Å².